The molecule has 0 spiro atoms. The van der Waals surface area contributed by atoms with Crippen molar-refractivity contribution in [2.45, 2.75) is 25.2 Å². The van der Waals surface area contributed by atoms with Gasteiger partial charge in [-0.25, -0.2) is 14.1 Å². The molecule has 9 heteroatoms. The van der Waals surface area contributed by atoms with Crippen molar-refractivity contribution in [2.75, 3.05) is 6.26 Å². The van der Waals surface area contributed by atoms with Gasteiger partial charge in [-0.3, -0.25) is 4.18 Å². The maximum Gasteiger partial charge on any atom is 0.264 e. The summed E-state index contributed by atoms with van der Waals surface area (Å²) in [4.78, 5) is 3.74. The van der Waals surface area contributed by atoms with Gasteiger partial charge in [0.25, 0.3) is 10.1 Å². The van der Waals surface area contributed by atoms with E-state index in [2.05, 4.69) is 10.1 Å². The molecule has 1 heterocycles. The molecule has 0 fully saturated rings. The minimum absolute atomic E-state index is 0.0818. The molecule has 0 saturated carbocycles. The van der Waals surface area contributed by atoms with Crippen LogP contribution >= 0.6 is 0 Å². The van der Waals surface area contributed by atoms with Gasteiger partial charge in [0.05, 0.1) is 12.8 Å². The molecule has 7 nitrogen and oxygen atoms in total. The summed E-state index contributed by atoms with van der Waals surface area (Å²) < 4.78 is 42.9. The molecule has 120 valence electrons. The van der Waals surface area contributed by atoms with Crippen molar-refractivity contribution < 1.29 is 22.1 Å². The van der Waals surface area contributed by atoms with Crippen LogP contribution < -0.4 is 0 Å². The SMILES string of the molecule is C[C@@H](OS(C)(=O)=O)[C@](O)(Cn1cncn1)c1ccccc1F. The second-order valence-corrected chi connectivity index (χ2v) is 6.54. The van der Waals surface area contributed by atoms with Gasteiger partial charge in [-0.2, -0.15) is 13.5 Å². The van der Waals surface area contributed by atoms with E-state index in [1.165, 1.54) is 48.5 Å². The molecular formula is C13H16FN3O4S. The number of benzene rings is 1. The molecule has 0 bridgehead atoms. The quantitative estimate of drug-likeness (QED) is 0.783. The van der Waals surface area contributed by atoms with Crippen LogP contribution in [0, 0.1) is 5.82 Å². The summed E-state index contributed by atoms with van der Waals surface area (Å²) in [5, 5.41) is 14.8. The lowest BCUT2D eigenvalue weighted by Crippen LogP contribution is -2.44. The van der Waals surface area contributed by atoms with E-state index in [4.69, 9.17) is 4.18 Å². The predicted molar refractivity (Wildman–Crippen MR) is 75.7 cm³/mol. The molecule has 1 aromatic heterocycles. The lowest BCUT2D eigenvalue weighted by atomic mass is 9.88. The highest BCUT2D eigenvalue weighted by Crippen LogP contribution is 2.31. The Morgan fingerprint density at radius 2 is 2.14 bits per heavy atom. The van der Waals surface area contributed by atoms with Gasteiger partial charge in [0.1, 0.15) is 30.2 Å². The van der Waals surface area contributed by atoms with Crippen LogP contribution in [-0.2, 0) is 26.4 Å². The number of aliphatic hydroxyl groups is 1. The van der Waals surface area contributed by atoms with Crippen LogP contribution in [-0.4, -0.2) is 40.6 Å². The maximum absolute atomic E-state index is 14.1. The third kappa shape index (κ3) is 3.67. The van der Waals surface area contributed by atoms with Gasteiger partial charge in [0, 0.05) is 5.56 Å². The minimum atomic E-state index is -3.83. The lowest BCUT2D eigenvalue weighted by molar-refractivity contribution is -0.0734. The van der Waals surface area contributed by atoms with Crippen molar-refractivity contribution in [1.29, 1.82) is 0 Å². The molecule has 2 rings (SSSR count). The molecule has 22 heavy (non-hydrogen) atoms. The Bertz CT molecular complexity index is 736. The highest BCUT2D eigenvalue weighted by Gasteiger charge is 2.41. The minimum Gasteiger partial charge on any atom is -0.380 e. The second-order valence-electron chi connectivity index (χ2n) is 4.94. The van der Waals surface area contributed by atoms with Gasteiger partial charge in [-0.1, -0.05) is 18.2 Å². The van der Waals surface area contributed by atoms with E-state index >= 15 is 0 Å². The average Bonchev–Trinajstić information content (AvgIpc) is 2.89. The van der Waals surface area contributed by atoms with Crippen LogP contribution in [0.1, 0.15) is 12.5 Å². The Morgan fingerprint density at radius 1 is 1.45 bits per heavy atom. The summed E-state index contributed by atoms with van der Waals surface area (Å²) >= 11 is 0. The molecule has 2 aromatic rings. The Kier molecular flexibility index (Phi) is 4.59. The first kappa shape index (κ1) is 16.5. The smallest absolute Gasteiger partial charge is 0.264 e. The van der Waals surface area contributed by atoms with E-state index < -0.39 is 27.6 Å². The zero-order chi connectivity index (χ0) is 16.4. The fourth-order valence-corrected chi connectivity index (χ4v) is 2.83. The fourth-order valence-electron chi connectivity index (χ4n) is 2.15. The van der Waals surface area contributed by atoms with Gasteiger partial charge in [0.15, 0.2) is 0 Å². The van der Waals surface area contributed by atoms with Crippen LogP contribution in [0.3, 0.4) is 0 Å². The topological polar surface area (TPSA) is 94.3 Å². The van der Waals surface area contributed by atoms with E-state index in [-0.39, 0.29) is 12.1 Å². The lowest BCUT2D eigenvalue weighted by Gasteiger charge is -2.33. The molecule has 0 aliphatic rings. The zero-order valence-electron chi connectivity index (χ0n) is 12.0. The van der Waals surface area contributed by atoms with E-state index in [0.717, 1.165) is 6.26 Å². The average molecular weight is 329 g/mol. The Labute approximate surface area is 127 Å². The molecule has 1 N–H and O–H groups in total. The summed E-state index contributed by atoms with van der Waals surface area (Å²) in [6, 6.07) is 5.55. The molecule has 0 saturated heterocycles. The third-order valence-corrected chi connectivity index (χ3v) is 3.84. The van der Waals surface area contributed by atoms with Crippen LogP contribution in [0.2, 0.25) is 0 Å². The van der Waals surface area contributed by atoms with Crippen molar-refractivity contribution in [3.8, 4) is 0 Å². The van der Waals surface area contributed by atoms with Crippen molar-refractivity contribution in [2.24, 2.45) is 0 Å². The van der Waals surface area contributed by atoms with E-state index in [1.807, 2.05) is 0 Å². The van der Waals surface area contributed by atoms with E-state index in [9.17, 15) is 17.9 Å². The maximum atomic E-state index is 14.1. The Hall–Kier alpha value is -1.84. The van der Waals surface area contributed by atoms with Gasteiger partial charge < -0.3 is 5.11 Å². The van der Waals surface area contributed by atoms with Crippen LogP contribution in [0.15, 0.2) is 36.9 Å². The van der Waals surface area contributed by atoms with Crippen molar-refractivity contribution in [1.82, 2.24) is 14.8 Å². The van der Waals surface area contributed by atoms with Gasteiger partial charge in [-0.05, 0) is 13.0 Å². The van der Waals surface area contributed by atoms with Gasteiger partial charge in [0.2, 0.25) is 0 Å². The number of nitrogens with zero attached hydrogens (tertiary/aromatic N) is 3. The molecule has 0 aliphatic carbocycles. The molecule has 1 aromatic carbocycles. The van der Waals surface area contributed by atoms with Crippen molar-refractivity contribution in [3.05, 3.63) is 48.3 Å². The zero-order valence-corrected chi connectivity index (χ0v) is 12.9. The second kappa shape index (κ2) is 6.11. The Balaban J connectivity index is 2.46. The number of rotatable bonds is 6. The molecule has 0 aliphatic heterocycles. The molecular weight excluding hydrogens is 313 g/mol. The van der Waals surface area contributed by atoms with Gasteiger partial charge in [-0.15, -0.1) is 0 Å². The molecule has 2 atom stereocenters. The van der Waals surface area contributed by atoms with Crippen LogP contribution in [0.25, 0.3) is 0 Å². The van der Waals surface area contributed by atoms with Crippen molar-refractivity contribution in [3.63, 3.8) is 0 Å². The monoisotopic (exact) mass is 329 g/mol. The van der Waals surface area contributed by atoms with Crippen LogP contribution in [0.5, 0.6) is 0 Å². The number of aromatic nitrogens is 3. The summed E-state index contributed by atoms with van der Waals surface area (Å²) in [7, 11) is -3.83. The number of halogens is 1. The first-order valence-corrected chi connectivity index (χ1v) is 8.22. The number of hydrogen-bond donors (Lipinski definition) is 1. The molecule has 0 unspecified atom stereocenters. The highest BCUT2D eigenvalue weighted by molar-refractivity contribution is 7.86. The first-order chi connectivity index (χ1) is 10.2. The summed E-state index contributed by atoms with van der Waals surface area (Å²) in [6.07, 6.45) is 2.22. The van der Waals surface area contributed by atoms with Crippen LogP contribution in [0.4, 0.5) is 4.39 Å². The van der Waals surface area contributed by atoms with Crippen molar-refractivity contribution >= 4 is 10.1 Å². The van der Waals surface area contributed by atoms with Gasteiger partial charge >= 0.3 is 0 Å². The predicted octanol–water partition coefficient (Wildman–Crippen LogP) is 0.670. The standard InChI is InChI=1S/C13H16FN3O4S/c1-10(21-22(2,19)20)13(18,7-17-9-15-8-16-17)11-5-3-4-6-12(11)14/h3-6,8-10,18H,7H2,1-2H3/t10-,13-/m1/s1. The highest BCUT2D eigenvalue weighted by atomic mass is 32.2. The molecule has 0 radical (unpaired) electrons. The largest absolute Gasteiger partial charge is 0.380 e. The van der Waals surface area contributed by atoms with E-state index in [0.29, 0.717) is 0 Å². The fraction of sp³-hybridized carbons (Fsp3) is 0.385. The summed E-state index contributed by atoms with van der Waals surface area (Å²) in [5.41, 5.74) is -2.02. The summed E-state index contributed by atoms with van der Waals surface area (Å²) in [6.45, 7) is 1.13. The molecule has 0 amide bonds. The Morgan fingerprint density at radius 3 is 2.68 bits per heavy atom. The first-order valence-electron chi connectivity index (χ1n) is 6.40. The third-order valence-electron chi connectivity index (χ3n) is 3.20. The number of hydrogen-bond acceptors (Lipinski definition) is 6. The normalized spacial score (nSPS) is 16.2. The summed E-state index contributed by atoms with van der Waals surface area (Å²) in [5.74, 6) is -0.672. The van der Waals surface area contributed by atoms with E-state index in [1.54, 1.807) is 0 Å².